The van der Waals surface area contributed by atoms with E-state index < -0.39 is 0 Å². The fraction of sp³-hybridized carbons (Fsp3) is 0.250. The van der Waals surface area contributed by atoms with Crippen LogP contribution < -0.4 is 0 Å². The van der Waals surface area contributed by atoms with E-state index in [1.807, 2.05) is 60.1 Å². The molecule has 0 saturated heterocycles. The zero-order valence-electron chi connectivity index (χ0n) is 5.50. The van der Waals surface area contributed by atoms with E-state index >= 15 is 0 Å². The summed E-state index contributed by atoms with van der Waals surface area (Å²) in [5, 5.41) is 0. The van der Waals surface area contributed by atoms with Gasteiger partial charge in [0.1, 0.15) is 0 Å². The summed E-state index contributed by atoms with van der Waals surface area (Å²) in [6.07, 6.45) is 0. The summed E-state index contributed by atoms with van der Waals surface area (Å²) in [5.41, 5.74) is 3.14. The Labute approximate surface area is 72.4 Å². The van der Waals surface area contributed by atoms with Crippen molar-refractivity contribution in [1.29, 1.82) is 0 Å². The van der Waals surface area contributed by atoms with E-state index in [9.17, 15) is 0 Å². The van der Waals surface area contributed by atoms with Crippen LogP contribution in [0.3, 0.4) is 0 Å². The summed E-state index contributed by atoms with van der Waals surface area (Å²) in [5.74, 6) is 0. The molecule has 0 aromatic carbocycles. The SMILES string of the molecule is [Li][C]([Li])=C=[C]([Li])C. The van der Waals surface area contributed by atoms with Gasteiger partial charge in [0.2, 0.25) is 0 Å². The topological polar surface area (TPSA) is 0 Å². The third-order valence-corrected chi connectivity index (χ3v) is 0.500. The van der Waals surface area contributed by atoms with Crippen LogP contribution >= 0.6 is 0 Å². The van der Waals surface area contributed by atoms with Crippen molar-refractivity contribution in [2.24, 2.45) is 0 Å². The fourth-order valence-corrected chi connectivity index (χ4v) is 0.500. The molecule has 0 aliphatic rings. The Hall–Kier alpha value is 1.31. The van der Waals surface area contributed by atoms with Gasteiger partial charge in [-0.1, -0.05) is 0 Å². The van der Waals surface area contributed by atoms with E-state index in [-0.39, 0.29) is 0 Å². The zero-order valence-corrected chi connectivity index (χ0v) is 5.50. The van der Waals surface area contributed by atoms with Crippen molar-refractivity contribution in [3.8, 4) is 0 Å². The monoisotopic (exact) mass is 72.1 g/mol. The Morgan fingerprint density at radius 3 is 1.71 bits per heavy atom. The van der Waals surface area contributed by atoms with E-state index in [4.69, 9.17) is 0 Å². The first-order valence-electron chi connectivity index (χ1n) is 2.50. The number of hydrogen-bond acceptors (Lipinski definition) is 0. The molecule has 0 fully saturated rings. The van der Waals surface area contributed by atoms with Gasteiger partial charge < -0.3 is 0 Å². The predicted octanol–water partition coefficient (Wildman–Crippen LogP) is -0.164. The van der Waals surface area contributed by atoms with Crippen LogP contribution in [0.15, 0.2) is 12.9 Å². The normalized spacial score (nSPS) is 7.86. The summed E-state index contributed by atoms with van der Waals surface area (Å²) < 4.78 is 2.50. The van der Waals surface area contributed by atoms with Crippen molar-refractivity contribution in [1.82, 2.24) is 0 Å². The molecule has 0 bridgehead atoms. The maximum absolute atomic E-state index is 3.14. The van der Waals surface area contributed by atoms with Gasteiger partial charge in [0.05, 0.1) is 0 Å². The van der Waals surface area contributed by atoms with E-state index in [0.717, 1.165) is 0 Å². The van der Waals surface area contributed by atoms with E-state index in [1.165, 1.54) is 7.17 Å². The van der Waals surface area contributed by atoms with Crippen molar-refractivity contribution in [3.63, 3.8) is 0 Å². The van der Waals surface area contributed by atoms with Gasteiger partial charge in [-0.3, -0.25) is 0 Å². The van der Waals surface area contributed by atoms with Gasteiger partial charge in [-0.25, -0.2) is 0 Å². The number of hydrogen-bond donors (Lipinski definition) is 0. The van der Waals surface area contributed by atoms with Gasteiger partial charge in [-0.15, -0.1) is 0 Å². The first-order valence-corrected chi connectivity index (χ1v) is 2.50. The molecule has 0 heterocycles. The number of rotatable bonds is 0. The molecular formula is C4H3Li3. The predicted molar refractivity (Wildman–Crippen MR) is 33.5 cm³/mol. The molecule has 0 aromatic heterocycles. The first kappa shape index (κ1) is 8.31. The number of allylic oxidation sites excluding steroid dienone is 1. The first-order chi connectivity index (χ1) is 3.13. The zero-order chi connectivity index (χ0) is 5.86. The summed E-state index contributed by atoms with van der Waals surface area (Å²) in [4.78, 5) is 0. The van der Waals surface area contributed by atoms with Crippen LogP contribution in [-0.4, -0.2) is 53.1 Å². The molecule has 0 aliphatic heterocycles. The van der Waals surface area contributed by atoms with E-state index in [0.29, 0.717) is 0 Å². The van der Waals surface area contributed by atoms with Crippen LogP contribution in [0.5, 0.6) is 0 Å². The quantitative estimate of drug-likeness (QED) is 0.275. The summed E-state index contributed by atoms with van der Waals surface area (Å²) in [6.45, 7) is 2.05. The van der Waals surface area contributed by atoms with Crippen LogP contribution in [0.2, 0.25) is 0 Å². The summed E-state index contributed by atoms with van der Waals surface area (Å²) >= 11 is 6.15. The van der Waals surface area contributed by atoms with Crippen LogP contribution in [0.1, 0.15) is 6.92 Å². The molecule has 3 heteroatoms. The molecular weight excluding hydrogens is 68.9 g/mol. The van der Waals surface area contributed by atoms with E-state index in [2.05, 4.69) is 5.73 Å². The third-order valence-electron chi connectivity index (χ3n) is 0.500. The molecule has 0 amide bonds. The molecule has 0 nitrogen and oxygen atoms in total. The molecule has 0 radical (unpaired) electrons. The van der Waals surface area contributed by atoms with Gasteiger partial charge in [-0.2, -0.15) is 0 Å². The summed E-state index contributed by atoms with van der Waals surface area (Å²) in [6, 6.07) is 0. The molecule has 22 valence electrons. The van der Waals surface area contributed by atoms with E-state index in [1.54, 1.807) is 0 Å². The van der Waals surface area contributed by atoms with Gasteiger partial charge in [0.15, 0.2) is 0 Å². The summed E-state index contributed by atoms with van der Waals surface area (Å²) in [7, 11) is 0. The minimum absolute atomic E-state index is 1.25. The average molecular weight is 71.9 g/mol. The fourth-order valence-electron chi connectivity index (χ4n) is 0.500. The minimum atomic E-state index is 1.25. The second kappa shape index (κ2) is 4.22. The molecule has 0 atom stereocenters. The van der Waals surface area contributed by atoms with Crippen molar-refractivity contribution < 1.29 is 0 Å². The third kappa shape index (κ3) is 7.31. The van der Waals surface area contributed by atoms with Gasteiger partial charge in [0.25, 0.3) is 0 Å². The molecule has 7 heavy (non-hydrogen) atoms. The van der Waals surface area contributed by atoms with Crippen LogP contribution in [-0.2, 0) is 0 Å². The van der Waals surface area contributed by atoms with Crippen LogP contribution in [0.4, 0.5) is 0 Å². The van der Waals surface area contributed by atoms with Crippen LogP contribution in [0, 0.1) is 0 Å². The molecule has 0 unspecified atom stereocenters. The Kier molecular flexibility index (Phi) is 5.01. The average Bonchev–Trinajstić information content (AvgIpc) is 1.27. The Bertz CT molecular complexity index is 98.9. The Morgan fingerprint density at radius 2 is 1.71 bits per heavy atom. The van der Waals surface area contributed by atoms with Crippen LogP contribution in [0.25, 0.3) is 0 Å². The standard InChI is InChI=1S/C4H3.3Li/c1-3-4-2;;;/h1H3;;;. The van der Waals surface area contributed by atoms with Crippen molar-refractivity contribution >= 4 is 53.1 Å². The van der Waals surface area contributed by atoms with Crippen molar-refractivity contribution in [2.75, 3.05) is 0 Å². The molecule has 0 saturated carbocycles. The molecule has 0 N–H and O–H groups in total. The van der Waals surface area contributed by atoms with Gasteiger partial charge >= 0.3 is 73.0 Å². The van der Waals surface area contributed by atoms with Gasteiger partial charge in [-0.05, 0) is 0 Å². The Morgan fingerprint density at radius 1 is 1.29 bits per heavy atom. The molecule has 0 aliphatic carbocycles. The van der Waals surface area contributed by atoms with Gasteiger partial charge in [0, 0.05) is 0 Å². The second-order valence-electron chi connectivity index (χ2n) is 2.12. The Balaban J connectivity index is 4.13. The molecule has 0 aromatic rings. The maximum atomic E-state index is 3.14. The molecule has 0 spiro atoms. The van der Waals surface area contributed by atoms with Crippen molar-refractivity contribution in [2.45, 2.75) is 6.92 Å². The molecule has 0 rings (SSSR count). The van der Waals surface area contributed by atoms with Crippen molar-refractivity contribution in [3.05, 3.63) is 12.9 Å². The second-order valence-corrected chi connectivity index (χ2v) is 2.12.